The molecule has 2 aromatic rings. The highest BCUT2D eigenvalue weighted by Gasteiger charge is 2.65. The van der Waals surface area contributed by atoms with Gasteiger partial charge in [0.05, 0.1) is 29.5 Å². The van der Waals surface area contributed by atoms with E-state index in [0.717, 1.165) is 25.9 Å². The van der Waals surface area contributed by atoms with Crippen molar-refractivity contribution in [2.75, 3.05) is 6.61 Å². The van der Waals surface area contributed by atoms with Crippen molar-refractivity contribution >= 4 is 18.7 Å². The van der Waals surface area contributed by atoms with Gasteiger partial charge in [-0.15, -0.1) is 0 Å². The number of aliphatic hydroxyl groups excluding tert-OH is 1. The average molecular weight is 577 g/mol. The van der Waals surface area contributed by atoms with E-state index in [1.807, 2.05) is 0 Å². The molecule has 4 fully saturated rings. The molecular formula is C36H52O4Si. The van der Waals surface area contributed by atoms with Gasteiger partial charge in [0.15, 0.2) is 0 Å². The van der Waals surface area contributed by atoms with Crippen LogP contribution in [-0.2, 0) is 13.9 Å². The van der Waals surface area contributed by atoms with E-state index in [4.69, 9.17) is 13.9 Å². The summed E-state index contributed by atoms with van der Waals surface area (Å²) in [4.78, 5) is 0. The van der Waals surface area contributed by atoms with Gasteiger partial charge in [-0.25, -0.2) is 0 Å². The van der Waals surface area contributed by atoms with Crippen LogP contribution in [0.15, 0.2) is 60.7 Å². The van der Waals surface area contributed by atoms with Gasteiger partial charge >= 0.3 is 0 Å². The second kappa shape index (κ2) is 10.6. The predicted molar refractivity (Wildman–Crippen MR) is 168 cm³/mol. The van der Waals surface area contributed by atoms with Crippen molar-refractivity contribution in [3.05, 3.63) is 60.7 Å². The van der Waals surface area contributed by atoms with Crippen LogP contribution >= 0.6 is 0 Å². The second-order valence-corrected chi connectivity index (χ2v) is 19.8. The van der Waals surface area contributed by atoms with Crippen LogP contribution in [0.4, 0.5) is 0 Å². The van der Waals surface area contributed by atoms with Gasteiger partial charge in [0.1, 0.15) is 0 Å². The van der Waals surface area contributed by atoms with E-state index in [9.17, 15) is 5.11 Å². The Morgan fingerprint density at radius 3 is 2.07 bits per heavy atom. The molecule has 0 radical (unpaired) electrons. The molecule has 2 aromatic carbocycles. The summed E-state index contributed by atoms with van der Waals surface area (Å²) in [5.74, 6) is 2.54. The number of benzene rings is 2. The van der Waals surface area contributed by atoms with Gasteiger partial charge in [0, 0.05) is 13.0 Å². The van der Waals surface area contributed by atoms with Crippen LogP contribution in [0, 0.1) is 29.6 Å². The molecule has 3 aliphatic heterocycles. The highest BCUT2D eigenvalue weighted by molar-refractivity contribution is 6.99. The van der Waals surface area contributed by atoms with Crippen LogP contribution in [0.1, 0.15) is 80.6 Å². The largest absolute Gasteiger partial charge is 0.407 e. The van der Waals surface area contributed by atoms with E-state index >= 15 is 0 Å². The second-order valence-electron chi connectivity index (χ2n) is 15.5. The average Bonchev–Trinajstić information content (AvgIpc) is 3.27. The number of hydrogen-bond donors (Lipinski definition) is 1. The first-order chi connectivity index (χ1) is 19.4. The molecule has 9 atom stereocenters. The van der Waals surface area contributed by atoms with Crippen LogP contribution < -0.4 is 10.4 Å². The van der Waals surface area contributed by atoms with Gasteiger partial charge < -0.3 is 19.0 Å². The van der Waals surface area contributed by atoms with Gasteiger partial charge in [-0.05, 0) is 84.5 Å². The monoisotopic (exact) mass is 576 g/mol. The molecule has 224 valence electrons. The summed E-state index contributed by atoms with van der Waals surface area (Å²) < 4.78 is 21.5. The third-order valence-corrected chi connectivity index (χ3v) is 16.5. The fraction of sp³-hybridized carbons (Fsp3) is 0.667. The zero-order chi connectivity index (χ0) is 29.2. The first-order valence-corrected chi connectivity index (χ1v) is 18.1. The van der Waals surface area contributed by atoms with Crippen molar-refractivity contribution in [1.29, 1.82) is 0 Å². The Labute approximate surface area is 249 Å². The van der Waals surface area contributed by atoms with Crippen molar-refractivity contribution < 1.29 is 19.0 Å². The lowest BCUT2D eigenvalue weighted by molar-refractivity contribution is -0.247. The molecule has 4 bridgehead atoms. The molecule has 1 N–H and O–H groups in total. The fourth-order valence-electron chi connectivity index (χ4n) is 9.60. The zero-order valence-corrected chi connectivity index (χ0v) is 27.3. The summed E-state index contributed by atoms with van der Waals surface area (Å²) >= 11 is 0. The molecule has 4 aliphatic rings. The van der Waals surface area contributed by atoms with Gasteiger partial charge in [-0.3, -0.25) is 0 Å². The van der Waals surface area contributed by atoms with Crippen LogP contribution in [0.5, 0.6) is 0 Å². The predicted octanol–water partition coefficient (Wildman–Crippen LogP) is 6.34. The number of hydrogen-bond acceptors (Lipinski definition) is 4. The van der Waals surface area contributed by atoms with Crippen molar-refractivity contribution in [2.24, 2.45) is 29.6 Å². The molecule has 3 heterocycles. The number of fused-ring (bicyclic) bond motifs is 8. The van der Waals surface area contributed by atoms with E-state index in [1.54, 1.807) is 0 Å². The standard InChI is InChI=1S/C36H52O4Si/c1-24(2)28-19-18-25(31-29-22-36(7)30(37)20-21-35(6,40-36)33(39-29)32(28)31)23-38-41(34(3,4)5,26-14-10-8-11-15-26)27-16-12-9-13-17-27/h8-17,24-25,28-33,37H,18-23H2,1-7H3/t25-,28+,29+,30?,31+,32+,33+,35+,36+/m0/s1. The quantitative estimate of drug-likeness (QED) is 0.408. The minimum atomic E-state index is -2.63. The minimum Gasteiger partial charge on any atom is -0.407 e. The third-order valence-electron chi connectivity index (χ3n) is 11.5. The number of ether oxygens (including phenoxy) is 2. The fourth-order valence-corrected chi connectivity index (χ4v) is 14.2. The molecule has 6 rings (SSSR count). The zero-order valence-electron chi connectivity index (χ0n) is 26.3. The molecule has 0 aromatic heterocycles. The number of aliphatic hydroxyl groups is 1. The summed E-state index contributed by atoms with van der Waals surface area (Å²) in [5.41, 5.74) is -0.901. The Kier molecular flexibility index (Phi) is 7.64. The van der Waals surface area contributed by atoms with E-state index in [1.165, 1.54) is 23.2 Å². The van der Waals surface area contributed by atoms with Gasteiger partial charge in [-0.1, -0.05) is 95.3 Å². The molecule has 0 spiro atoms. The summed E-state index contributed by atoms with van der Waals surface area (Å²) in [6, 6.07) is 22.1. The highest BCUT2D eigenvalue weighted by atomic mass is 28.4. The lowest BCUT2D eigenvalue weighted by atomic mass is 9.57. The van der Waals surface area contributed by atoms with E-state index < -0.39 is 20.0 Å². The maximum atomic E-state index is 11.1. The molecule has 4 nitrogen and oxygen atoms in total. The minimum absolute atomic E-state index is 0.0419. The van der Waals surface area contributed by atoms with Crippen molar-refractivity contribution in [3.63, 3.8) is 0 Å². The lowest BCUT2D eigenvalue weighted by Crippen LogP contribution is -2.67. The molecule has 1 unspecified atom stereocenters. The van der Waals surface area contributed by atoms with Crippen molar-refractivity contribution in [2.45, 2.75) is 115 Å². The molecule has 0 amide bonds. The summed E-state index contributed by atoms with van der Waals surface area (Å²) in [7, 11) is -2.63. The van der Waals surface area contributed by atoms with E-state index in [0.29, 0.717) is 29.6 Å². The molecule has 1 saturated carbocycles. The Bertz CT molecular complexity index is 1160. The maximum Gasteiger partial charge on any atom is 0.261 e. The highest BCUT2D eigenvalue weighted by Crippen LogP contribution is 2.60. The summed E-state index contributed by atoms with van der Waals surface area (Å²) in [6.07, 6.45) is 4.55. The normalized spacial score (nSPS) is 38.9. The lowest BCUT2D eigenvalue weighted by Gasteiger charge is -2.54. The van der Waals surface area contributed by atoms with Crippen LogP contribution in [0.2, 0.25) is 5.04 Å². The smallest absolute Gasteiger partial charge is 0.261 e. The first-order valence-electron chi connectivity index (χ1n) is 16.2. The van der Waals surface area contributed by atoms with Gasteiger partial charge in [0.2, 0.25) is 0 Å². The molecule has 41 heavy (non-hydrogen) atoms. The van der Waals surface area contributed by atoms with E-state index in [-0.39, 0.29) is 22.8 Å². The van der Waals surface area contributed by atoms with Crippen LogP contribution in [0.25, 0.3) is 0 Å². The topological polar surface area (TPSA) is 47.9 Å². The van der Waals surface area contributed by atoms with Gasteiger partial charge in [-0.2, -0.15) is 0 Å². The Morgan fingerprint density at radius 2 is 1.51 bits per heavy atom. The SMILES string of the molecule is CC(C)[C@H]1CC[C@@H](CO[Si](c2ccccc2)(c2ccccc2)C(C)(C)C)[C@H]2[C@@H]1[C@H]1O[C@@H]2C[C@@]2(C)O[C@]1(C)CCC2O. The number of rotatable bonds is 6. The maximum absolute atomic E-state index is 11.1. The van der Waals surface area contributed by atoms with Gasteiger partial charge in [0.25, 0.3) is 8.32 Å². The molecular weight excluding hydrogens is 524 g/mol. The third kappa shape index (κ3) is 4.79. The molecule has 1 aliphatic carbocycles. The van der Waals surface area contributed by atoms with Crippen LogP contribution in [0.3, 0.4) is 0 Å². The Balaban J connectivity index is 1.39. The molecule has 3 saturated heterocycles. The van der Waals surface area contributed by atoms with Crippen molar-refractivity contribution in [3.8, 4) is 0 Å². The first kappa shape index (κ1) is 29.6. The van der Waals surface area contributed by atoms with E-state index in [2.05, 4.69) is 109 Å². The Hall–Kier alpha value is -1.50. The summed E-state index contributed by atoms with van der Waals surface area (Å²) in [6.45, 7) is 17.1. The van der Waals surface area contributed by atoms with Crippen molar-refractivity contribution in [1.82, 2.24) is 0 Å². The van der Waals surface area contributed by atoms with Crippen LogP contribution in [-0.4, -0.2) is 49.5 Å². The summed E-state index contributed by atoms with van der Waals surface area (Å²) in [5, 5.41) is 13.7. The molecule has 5 heteroatoms. The Morgan fingerprint density at radius 1 is 0.902 bits per heavy atom.